The fourth-order valence-electron chi connectivity index (χ4n) is 3.87. The summed E-state index contributed by atoms with van der Waals surface area (Å²) in [7, 11) is 2.13. The zero-order valence-electron chi connectivity index (χ0n) is 16.1. The second-order valence-corrected chi connectivity index (χ2v) is 7.46. The van der Waals surface area contributed by atoms with E-state index in [0.717, 1.165) is 42.4 Å². The van der Waals surface area contributed by atoms with Crippen molar-refractivity contribution >= 4 is 22.5 Å². The van der Waals surface area contributed by atoms with Gasteiger partial charge in [-0.25, -0.2) is 4.68 Å². The van der Waals surface area contributed by atoms with Crippen LogP contribution in [0.15, 0.2) is 42.5 Å². The molecule has 1 fully saturated rings. The van der Waals surface area contributed by atoms with Crippen LogP contribution in [0.5, 0.6) is 0 Å². The third kappa shape index (κ3) is 3.49. The first-order valence-corrected chi connectivity index (χ1v) is 9.54. The van der Waals surface area contributed by atoms with Gasteiger partial charge in [0.1, 0.15) is 5.82 Å². The summed E-state index contributed by atoms with van der Waals surface area (Å²) in [5.41, 5.74) is 1.86. The van der Waals surface area contributed by atoms with Crippen molar-refractivity contribution < 1.29 is 4.79 Å². The predicted molar refractivity (Wildman–Crippen MR) is 109 cm³/mol. The summed E-state index contributed by atoms with van der Waals surface area (Å²) in [5, 5.41) is 18.7. The average molecular weight is 373 g/mol. The van der Waals surface area contributed by atoms with Gasteiger partial charge in [-0.05, 0) is 62.8 Å². The number of carbonyl (C=O) groups is 1. The SMILES string of the molecule is Cc1cc(NC(=O)c2cc(C#N)cc3ccccc23)n(C2CCN(C)CC2)n1. The van der Waals surface area contributed by atoms with Crippen molar-refractivity contribution in [1.29, 1.82) is 5.26 Å². The van der Waals surface area contributed by atoms with Crippen LogP contribution in [-0.4, -0.2) is 40.7 Å². The van der Waals surface area contributed by atoms with Crippen molar-refractivity contribution in [2.75, 3.05) is 25.5 Å². The van der Waals surface area contributed by atoms with Crippen LogP contribution >= 0.6 is 0 Å². The summed E-state index contributed by atoms with van der Waals surface area (Å²) in [5.74, 6) is 0.492. The van der Waals surface area contributed by atoms with Crippen molar-refractivity contribution in [3.63, 3.8) is 0 Å². The van der Waals surface area contributed by atoms with E-state index in [1.807, 2.05) is 41.9 Å². The molecule has 1 amide bonds. The van der Waals surface area contributed by atoms with Crippen molar-refractivity contribution in [2.45, 2.75) is 25.8 Å². The van der Waals surface area contributed by atoms with Crippen LogP contribution in [0, 0.1) is 18.3 Å². The summed E-state index contributed by atoms with van der Waals surface area (Å²) in [6.45, 7) is 3.98. The van der Waals surface area contributed by atoms with E-state index in [0.29, 0.717) is 16.9 Å². The molecule has 1 saturated heterocycles. The number of nitrogens with zero attached hydrogens (tertiary/aromatic N) is 4. The lowest BCUT2D eigenvalue weighted by molar-refractivity contribution is 0.102. The second kappa shape index (κ2) is 7.45. The molecule has 1 aliphatic rings. The van der Waals surface area contributed by atoms with Gasteiger partial charge in [-0.15, -0.1) is 0 Å². The Morgan fingerprint density at radius 1 is 1.21 bits per heavy atom. The van der Waals surface area contributed by atoms with E-state index >= 15 is 0 Å². The Balaban J connectivity index is 1.67. The fraction of sp³-hybridized carbons (Fsp3) is 0.318. The average Bonchev–Trinajstić information content (AvgIpc) is 3.07. The summed E-state index contributed by atoms with van der Waals surface area (Å²) < 4.78 is 1.95. The number of nitrogens with one attached hydrogen (secondary N) is 1. The molecule has 142 valence electrons. The van der Waals surface area contributed by atoms with Gasteiger partial charge in [0.05, 0.1) is 23.4 Å². The molecule has 6 nitrogen and oxygen atoms in total. The Hall–Kier alpha value is -3.17. The van der Waals surface area contributed by atoms with E-state index in [-0.39, 0.29) is 11.9 Å². The lowest BCUT2D eigenvalue weighted by Gasteiger charge is -2.30. The van der Waals surface area contributed by atoms with Gasteiger partial charge in [0.2, 0.25) is 0 Å². The molecule has 0 atom stereocenters. The molecule has 3 aromatic rings. The van der Waals surface area contributed by atoms with E-state index in [4.69, 9.17) is 0 Å². The lowest BCUT2D eigenvalue weighted by atomic mass is 10.0. The number of amides is 1. The lowest BCUT2D eigenvalue weighted by Crippen LogP contribution is -2.32. The number of rotatable bonds is 3. The van der Waals surface area contributed by atoms with Crippen LogP contribution in [0.4, 0.5) is 5.82 Å². The van der Waals surface area contributed by atoms with E-state index in [1.54, 1.807) is 12.1 Å². The smallest absolute Gasteiger partial charge is 0.257 e. The zero-order chi connectivity index (χ0) is 19.7. The monoisotopic (exact) mass is 373 g/mol. The van der Waals surface area contributed by atoms with Gasteiger partial charge in [-0.2, -0.15) is 10.4 Å². The molecule has 28 heavy (non-hydrogen) atoms. The third-order valence-corrected chi connectivity index (χ3v) is 5.37. The second-order valence-electron chi connectivity index (χ2n) is 7.46. The summed E-state index contributed by atoms with van der Waals surface area (Å²) in [4.78, 5) is 15.4. The van der Waals surface area contributed by atoms with Crippen LogP contribution in [0.3, 0.4) is 0 Å². The third-order valence-electron chi connectivity index (χ3n) is 5.37. The highest BCUT2D eigenvalue weighted by Gasteiger charge is 2.23. The van der Waals surface area contributed by atoms with Crippen molar-refractivity contribution in [3.05, 3.63) is 59.3 Å². The molecule has 0 bridgehead atoms. The number of likely N-dealkylation sites (tertiary alicyclic amines) is 1. The molecule has 0 unspecified atom stereocenters. The molecular weight excluding hydrogens is 350 g/mol. The van der Waals surface area contributed by atoms with Crippen molar-refractivity contribution in [2.24, 2.45) is 0 Å². The maximum absolute atomic E-state index is 13.1. The maximum atomic E-state index is 13.1. The number of piperidine rings is 1. The molecule has 0 saturated carbocycles. The van der Waals surface area contributed by atoms with Crippen LogP contribution in [0.1, 0.15) is 40.5 Å². The number of fused-ring (bicyclic) bond motifs is 1. The molecule has 2 aromatic carbocycles. The molecule has 1 aromatic heterocycles. The molecule has 2 heterocycles. The molecular formula is C22H23N5O. The Morgan fingerprint density at radius 2 is 1.96 bits per heavy atom. The molecule has 1 aliphatic heterocycles. The van der Waals surface area contributed by atoms with E-state index in [9.17, 15) is 10.1 Å². The van der Waals surface area contributed by atoms with Gasteiger partial charge in [0.15, 0.2) is 0 Å². The minimum atomic E-state index is -0.220. The van der Waals surface area contributed by atoms with Crippen LogP contribution < -0.4 is 5.32 Å². The highest BCUT2D eigenvalue weighted by atomic mass is 16.1. The quantitative estimate of drug-likeness (QED) is 0.759. The number of nitriles is 1. The van der Waals surface area contributed by atoms with Crippen LogP contribution in [-0.2, 0) is 0 Å². The normalized spacial score (nSPS) is 15.5. The highest BCUT2D eigenvalue weighted by molar-refractivity contribution is 6.13. The number of anilines is 1. The Bertz CT molecular complexity index is 1070. The number of hydrogen-bond acceptors (Lipinski definition) is 4. The largest absolute Gasteiger partial charge is 0.307 e. The van der Waals surface area contributed by atoms with Crippen molar-refractivity contribution in [3.8, 4) is 6.07 Å². The molecule has 0 radical (unpaired) electrons. The molecule has 0 spiro atoms. The predicted octanol–water partition coefficient (Wildman–Crippen LogP) is 3.74. The van der Waals surface area contributed by atoms with E-state index in [1.165, 1.54) is 0 Å². The minimum absolute atomic E-state index is 0.220. The minimum Gasteiger partial charge on any atom is -0.307 e. The van der Waals surface area contributed by atoms with E-state index < -0.39 is 0 Å². The first kappa shape index (κ1) is 18.2. The van der Waals surface area contributed by atoms with Gasteiger partial charge in [0.25, 0.3) is 5.91 Å². The number of aromatic nitrogens is 2. The first-order chi connectivity index (χ1) is 13.5. The summed E-state index contributed by atoms with van der Waals surface area (Å²) >= 11 is 0. The summed E-state index contributed by atoms with van der Waals surface area (Å²) in [6, 6.07) is 15.4. The van der Waals surface area contributed by atoms with Crippen LogP contribution in [0.25, 0.3) is 10.8 Å². The molecule has 1 N–H and O–H groups in total. The number of aryl methyl sites for hydroxylation is 1. The van der Waals surface area contributed by atoms with Gasteiger partial charge in [-0.3, -0.25) is 4.79 Å². The number of carbonyl (C=O) groups excluding carboxylic acids is 1. The Kier molecular flexibility index (Phi) is 4.84. The fourth-order valence-corrected chi connectivity index (χ4v) is 3.87. The maximum Gasteiger partial charge on any atom is 0.257 e. The highest BCUT2D eigenvalue weighted by Crippen LogP contribution is 2.27. The Morgan fingerprint density at radius 3 is 2.71 bits per heavy atom. The molecule has 6 heteroatoms. The number of benzene rings is 2. The van der Waals surface area contributed by atoms with Crippen LogP contribution in [0.2, 0.25) is 0 Å². The van der Waals surface area contributed by atoms with E-state index in [2.05, 4.69) is 28.4 Å². The topological polar surface area (TPSA) is 74.0 Å². The summed E-state index contributed by atoms with van der Waals surface area (Å²) in [6.07, 6.45) is 2.01. The zero-order valence-corrected chi connectivity index (χ0v) is 16.1. The van der Waals surface area contributed by atoms with Gasteiger partial charge < -0.3 is 10.2 Å². The Labute approximate surface area is 164 Å². The first-order valence-electron chi connectivity index (χ1n) is 9.54. The molecule has 0 aliphatic carbocycles. The van der Waals surface area contributed by atoms with Gasteiger partial charge in [0, 0.05) is 11.6 Å². The number of hydrogen-bond donors (Lipinski definition) is 1. The van der Waals surface area contributed by atoms with Gasteiger partial charge >= 0.3 is 0 Å². The van der Waals surface area contributed by atoms with Crippen molar-refractivity contribution in [1.82, 2.24) is 14.7 Å². The van der Waals surface area contributed by atoms with Gasteiger partial charge in [-0.1, -0.05) is 24.3 Å². The standard InChI is InChI=1S/C22H23N5O/c1-15-11-21(27(25-15)18-7-9-26(2)10-8-18)24-22(28)20-13-16(14-23)12-17-5-3-4-6-19(17)20/h3-6,11-13,18H,7-10H2,1-2H3,(H,24,28). The molecule has 4 rings (SSSR count).